The number of anilines is 1. The number of aliphatic carboxylic acids is 1. The summed E-state index contributed by atoms with van der Waals surface area (Å²) in [6.07, 6.45) is -10.1. The number of benzene rings is 2. The van der Waals surface area contributed by atoms with E-state index in [9.17, 15) is 45.4 Å². The largest absolute Gasteiger partial charge is 0.508 e. The Balaban J connectivity index is 0.000000454. The molecule has 2 aliphatic heterocycles. The molecule has 8 nitrogen and oxygen atoms in total. The van der Waals surface area contributed by atoms with Gasteiger partial charge in [0.1, 0.15) is 17.6 Å². The molecule has 36 heavy (non-hydrogen) atoms. The molecule has 0 aromatic heterocycles. The van der Waals surface area contributed by atoms with Crippen LogP contribution in [0.5, 0.6) is 5.75 Å². The molecular weight excluding hydrogens is 507 g/mol. The molecule has 0 bridgehead atoms. The van der Waals surface area contributed by atoms with Gasteiger partial charge in [-0.15, -0.1) is 0 Å². The molecule has 194 valence electrons. The van der Waals surface area contributed by atoms with Crippen LogP contribution in [0.1, 0.15) is 15.9 Å². The van der Waals surface area contributed by atoms with Gasteiger partial charge in [-0.1, -0.05) is 6.07 Å². The molecule has 0 radical (unpaired) electrons. The summed E-state index contributed by atoms with van der Waals surface area (Å²) in [5.74, 6) is -5.94. The lowest BCUT2D eigenvalue weighted by Gasteiger charge is -2.33. The zero-order chi connectivity index (χ0) is 27.0. The van der Waals surface area contributed by atoms with Gasteiger partial charge in [-0.3, -0.25) is 9.59 Å². The number of phenolic OH excluding ortho intramolecular Hbond substituents is 1. The number of alkyl halides is 6. The first-order chi connectivity index (χ1) is 16.6. The number of nitrogens with one attached hydrogen (secondary N) is 2. The van der Waals surface area contributed by atoms with E-state index < -0.39 is 53.0 Å². The summed E-state index contributed by atoms with van der Waals surface area (Å²) in [5, 5.41) is 22.4. The van der Waals surface area contributed by atoms with Gasteiger partial charge in [0, 0.05) is 25.2 Å². The second-order valence-corrected chi connectivity index (χ2v) is 7.62. The second kappa shape index (κ2) is 9.64. The number of amides is 2. The molecule has 2 amide bonds. The molecule has 1 fully saturated rings. The van der Waals surface area contributed by atoms with Crippen molar-refractivity contribution in [2.75, 3.05) is 25.0 Å². The number of carbonyl (C=O) groups is 3. The van der Waals surface area contributed by atoms with Crippen LogP contribution in [-0.2, 0) is 15.8 Å². The molecule has 4 N–H and O–H groups in total. The Hall–Kier alpha value is -3.88. The molecule has 4 rings (SSSR count). The van der Waals surface area contributed by atoms with E-state index in [0.717, 1.165) is 6.07 Å². The maximum Gasteiger partial charge on any atom is 0.490 e. The first kappa shape index (κ1) is 26.7. The second-order valence-electron chi connectivity index (χ2n) is 7.62. The smallest absolute Gasteiger partial charge is 0.490 e. The van der Waals surface area contributed by atoms with Crippen LogP contribution in [-0.4, -0.2) is 64.7 Å². The summed E-state index contributed by atoms with van der Waals surface area (Å²) in [5.41, 5.74) is -1.91. The summed E-state index contributed by atoms with van der Waals surface area (Å²) in [6, 6.07) is 4.29. The van der Waals surface area contributed by atoms with Gasteiger partial charge in [0.15, 0.2) is 0 Å². The number of piperazine rings is 1. The molecule has 1 atom stereocenters. The third-order valence-corrected chi connectivity index (χ3v) is 5.23. The summed E-state index contributed by atoms with van der Waals surface area (Å²) >= 11 is 0. The number of rotatable bonds is 1. The van der Waals surface area contributed by atoms with Gasteiger partial charge >= 0.3 is 18.3 Å². The number of hydrogen-bond donors (Lipinski definition) is 4. The Morgan fingerprint density at radius 2 is 1.67 bits per heavy atom. The third-order valence-electron chi connectivity index (χ3n) is 5.23. The maximum atomic E-state index is 14.6. The van der Waals surface area contributed by atoms with Crippen LogP contribution in [0.15, 0.2) is 30.3 Å². The predicted molar refractivity (Wildman–Crippen MR) is 109 cm³/mol. The Morgan fingerprint density at radius 3 is 2.25 bits per heavy atom. The first-order valence-electron chi connectivity index (χ1n) is 9.98. The van der Waals surface area contributed by atoms with Gasteiger partial charge in [0.05, 0.1) is 16.8 Å². The summed E-state index contributed by atoms with van der Waals surface area (Å²) in [4.78, 5) is 35.6. The molecule has 0 unspecified atom stereocenters. The van der Waals surface area contributed by atoms with Crippen LogP contribution in [0.25, 0.3) is 11.1 Å². The van der Waals surface area contributed by atoms with Crippen LogP contribution >= 0.6 is 0 Å². The van der Waals surface area contributed by atoms with Crippen molar-refractivity contribution in [1.29, 1.82) is 0 Å². The average Bonchev–Trinajstić information content (AvgIpc) is 2.89. The van der Waals surface area contributed by atoms with E-state index in [1.54, 1.807) is 0 Å². The highest BCUT2D eigenvalue weighted by atomic mass is 19.4. The van der Waals surface area contributed by atoms with Crippen LogP contribution in [0.4, 0.5) is 36.4 Å². The molecule has 0 saturated carbocycles. The fourth-order valence-corrected chi connectivity index (χ4v) is 3.58. The van der Waals surface area contributed by atoms with Crippen molar-refractivity contribution in [3.8, 4) is 16.9 Å². The molecule has 0 spiro atoms. The maximum absolute atomic E-state index is 14.6. The van der Waals surface area contributed by atoms with Crippen molar-refractivity contribution in [2.45, 2.75) is 18.4 Å². The van der Waals surface area contributed by atoms with E-state index in [-0.39, 0.29) is 35.8 Å². The minimum absolute atomic E-state index is 0.0289. The lowest BCUT2D eigenvalue weighted by Crippen LogP contribution is -2.57. The summed E-state index contributed by atoms with van der Waals surface area (Å²) in [6.45, 7) is 1.04. The van der Waals surface area contributed by atoms with Gasteiger partial charge in [0.25, 0.3) is 5.91 Å². The summed E-state index contributed by atoms with van der Waals surface area (Å²) in [7, 11) is 0. The van der Waals surface area contributed by atoms with Crippen molar-refractivity contribution in [1.82, 2.24) is 10.2 Å². The van der Waals surface area contributed by atoms with Crippen molar-refractivity contribution in [3.05, 3.63) is 47.3 Å². The number of nitrogens with zero attached hydrogens (tertiary/aromatic N) is 1. The van der Waals surface area contributed by atoms with Crippen molar-refractivity contribution < 1.29 is 55.3 Å². The molecule has 2 heterocycles. The number of carboxylic acids is 1. The van der Waals surface area contributed by atoms with Crippen LogP contribution in [0.3, 0.4) is 0 Å². The average molecular weight is 523 g/mol. The highest BCUT2D eigenvalue weighted by Gasteiger charge is 2.39. The lowest BCUT2D eigenvalue weighted by atomic mass is 9.98. The number of hydrogen-bond acceptors (Lipinski definition) is 5. The normalized spacial score (nSPS) is 17.8. The Bertz CT molecular complexity index is 1210. The Labute approximate surface area is 197 Å². The van der Waals surface area contributed by atoms with Crippen molar-refractivity contribution >= 4 is 23.5 Å². The fraction of sp³-hybridized carbons (Fsp3) is 0.286. The Morgan fingerprint density at radius 1 is 1.03 bits per heavy atom. The molecule has 15 heteroatoms. The number of halogens is 7. The first-order valence-corrected chi connectivity index (χ1v) is 9.98. The third kappa shape index (κ3) is 5.50. The SMILES string of the molecule is O=C(O)C(F)(F)F.O=C1Nc2ccc(-c3cc(O)cc(C(F)(F)F)c3F)cc2C(=O)N2CCNC[C@@H]12. The summed E-state index contributed by atoms with van der Waals surface area (Å²) < 4.78 is 85.5. The van der Waals surface area contributed by atoms with Gasteiger partial charge in [-0.2, -0.15) is 26.3 Å². The van der Waals surface area contributed by atoms with Gasteiger partial charge < -0.3 is 25.7 Å². The predicted octanol–water partition coefficient (Wildman–Crippen LogP) is 3.22. The minimum atomic E-state index is -5.08. The highest BCUT2D eigenvalue weighted by molar-refractivity contribution is 6.10. The number of aromatic hydroxyl groups is 1. The number of carbonyl (C=O) groups excluding carboxylic acids is 2. The zero-order valence-corrected chi connectivity index (χ0v) is 17.8. The molecule has 2 aromatic carbocycles. The van der Waals surface area contributed by atoms with Crippen molar-refractivity contribution in [3.63, 3.8) is 0 Å². The Kier molecular flexibility index (Phi) is 7.15. The highest BCUT2D eigenvalue weighted by Crippen LogP contribution is 2.39. The van der Waals surface area contributed by atoms with Crippen molar-refractivity contribution in [2.24, 2.45) is 0 Å². The van der Waals surface area contributed by atoms with Crippen LogP contribution in [0.2, 0.25) is 0 Å². The van der Waals surface area contributed by atoms with E-state index >= 15 is 0 Å². The van der Waals surface area contributed by atoms with E-state index in [1.165, 1.54) is 23.1 Å². The molecular formula is C21H16F7N3O5. The zero-order valence-electron chi connectivity index (χ0n) is 17.8. The molecule has 2 aliphatic rings. The van der Waals surface area contributed by atoms with Crippen LogP contribution < -0.4 is 10.6 Å². The van der Waals surface area contributed by atoms with E-state index in [2.05, 4.69) is 10.6 Å². The molecule has 2 aromatic rings. The number of fused-ring (bicyclic) bond motifs is 2. The topological polar surface area (TPSA) is 119 Å². The van der Waals surface area contributed by atoms with E-state index in [0.29, 0.717) is 12.6 Å². The standard InChI is InChI=1S/C19H15F4N3O3.C2HF3O2/c20-16-11(6-10(27)7-13(16)19(21,22)23)9-1-2-14-12(5-9)18(29)26-4-3-24-8-15(26)17(28)25-14;3-2(4,5)1(6)7/h1-2,5-7,15,24,27H,3-4,8H2,(H,25,28);(H,6,7)/t15-;/m0./s1. The fourth-order valence-electron chi connectivity index (χ4n) is 3.58. The number of carboxylic acid groups (broad SMARTS) is 1. The molecule has 1 saturated heterocycles. The quantitative estimate of drug-likeness (QED) is 0.427. The minimum Gasteiger partial charge on any atom is -0.508 e. The monoisotopic (exact) mass is 523 g/mol. The van der Waals surface area contributed by atoms with Crippen LogP contribution in [0, 0.1) is 5.82 Å². The molecule has 0 aliphatic carbocycles. The lowest BCUT2D eigenvalue weighted by molar-refractivity contribution is -0.192. The number of phenols is 1. The van der Waals surface area contributed by atoms with Gasteiger partial charge in [-0.05, 0) is 29.8 Å². The van der Waals surface area contributed by atoms with Gasteiger partial charge in [0.2, 0.25) is 5.91 Å². The van der Waals surface area contributed by atoms with E-state index in [4.69, 9.17) is 9.90 Å². The van der Waals surface area contributed by atoms with Gasteiger partial charge in [-0.25, -0.2) is 9.18 Å². The van der Waals surface area contributed by atoms with E-state index in [1.807, 2.05) is 0 Å².